The number of hydrogen-bond donors (Lipinski definition) is 0. The summed E-state index contributed by atoms with van der Waals surface area (Å²) in [7, 11) is 1.32. The van der Waals surface area contributed by atoms with Gasteiger partial charge in [0.15, 0.2) is 0 Å². The molecule has 18 heavy (non-hydrogen) atoms. The van der Waals surface area contributed by atoms with E-state index in [1.165, 1.54) is 13.2 Å². The number of esters is 1. The predicted octanol–water partition coefficient (Wildman–Crippen LogP) is 2.15. The second-order valence-electron chi connectivity index (χ2n) is 3.52. The lowest BCUT2D eigenvalue weighted by Crippen LogP contribution is -2.03. The van der Waals surface area contributed by atoms with Crippen molar-refractivity contribution >= 4 is 11.5 Å². The first kappa shape index (κ1) is 13.9. The van der Waals surface area contributed by atoms with Crippen molar-refractivity contribution in [3.8, 4) is 6.07 Å². The Hall–Kier alpha value is -2.12. The quantitative estimate of drug-likeness (QED) is 0.589. The van der Waals surface area contributed by atoms with Gasteiger partial charge in [0.05, 0.1) is 25.3 Å². The largest absolute Gasteiger partial charge is 0.466 e. The van der Waals surface area contributed by atoms with Gasteiger partial charge in [-0.25, -0.2) is 4.79 Å². The van der Waals surface area contributed by atoms with E-state index in [4.69, 9.17) is 10.00 Å². The molecule has 1 rings (SSSR count). The molecule has 0 radical (unpaired) electrons. The van der Waals surface area contributed by atoms with Crippen molar-refractivity contribution in [1.82, 2.24) is 0 Å². The number of methoxy groups -OCH3 is 1. The van der Waals surface area contributed by atoms with Crippen molar-refractivity contribution in [3.63, 3.8) is 0 Å². The highest BCUT2D eigenvalue weighted by Gasteiger charge is 2.06. The van der Waals surface area contributed by atoms with E-state index in [1.54, 1.807) is 18.2 Å². The van der Waals surface area contributed by atoms with Crippen LogP contribution in [0.3, 0.4) is 0 Å². The Bertz CT molecular complexity index is 486. The van der Waals surface area contributed by atoms with Crippen LogP contribution in [0.1, 0.15) is 18.1 Å². The number of hydrogen-bond acceptors (Lipinski definition) is 4. The Labute approximate surface area is 106 Å². The summed E-state index contributed by atoms with van der Waals surface area (Å²) in [6, 6.07) is 9.08. The predicted molar refractivity (Wildman–Crippen MR) is 67.6 cm³/mol. The fourth-order valence-corrected chi connectivity index (χ4v) is 1.41. The molecule has 0 heterocycles. The number of benzene rings is 1. The smallest absolute Gasteiger partial charge is 0.330 e. The summed E-state index contributed by atoms with van der Waals surface area (Å²) in [5.74, 6) is -0.438. The standard InChI is InChI=1S/C14H15NO3/c1-3-18-10-13(8-14(16)17-2)12-6-4-5-11(7-12)9-15/h4-8H,3,10H2,1-2H3/b13-8-. The van der Waals surface area contributed by atoms with E-state index in [1.807, 2.05) is 13.0 Å². The van der Waals surface area contributed by atoms with Crippen LogP contribution < -0.4 is 0 Å². The van der Waals surface area contributed by atoms with E-state index < -0.39 is 5.97 Å². The van der Waals surface area contributed by atoms with Gasteiger partial charge in [-0.05, 0) is 30.2 Å². The molecule has 0 saturated carbocycles. The monoisotopic (exact) mass is 245 g/mol. The summed E-state index contributed by atoms with van der Waals surface area (Å²) in [5, 5.41) is 8.86. The van der Waals surface area contributed by atoms with Crippen molar-refractivity contribution in [2.75, 3.05) is 20.3 Å². The number of nitrogens with zero attached hydrogens (tertiary/aromatic N) is 1. The molecule has 4 heteroatoms. The summed E-state index contributed by atoms with van der Waals surface area (Å²) in [4.78, 5) is 11.3. The van der Waals surface area contributed by atoms with Crippen LogP contribution in [-0.2, 0) is 14.3 Å². The van der Waals surface area contributed by atoms with Gasteiger partial charge in [0.2, 0.25) is 0 Å². The lowest BCUT2D eigenvalue weighted by Gasteiger charge is -2.08. The van der Waals surface area contributed by atoms with E-state index in [9.17, 15) is 4.79 Å². The lowest BCUT2D eigenvalue weighted by molar-refractivity contribution is -0.134. The summed E-state index contributed by atoms with van der Waals surface area (Å²) >= 11 is 0. The molecule has 0 aromatic heterocycles. The Morgan fingerprint density at radius 2 is 2.28 bits per heavy atom. The van der Waals surface area contributed by atoms with Gasteiger partial charge < -0.3 is 9.47 Å². The molecule has 0 bridgehead atoms. The number of carbonyl (C=O) groups excluding carboxylic acids is 1. The van der Waals surface area contributed by atoms with Crippen LogP contribution in [0.4, 0.5) is 0 Å². The molecule has 0 aliphatic heterocycles. The molecule has 1 aromatic rings. The first-order valence-corrected chi connectivity index (χ1v) is 5.58. The molecule has 94 valence electrons. The van der Waals surface area contributed by atoms with Crippen LogP contribution in [0.15, 0.2) is 30.3 Å². The lowest BCUT2D eigenvalue weighted by atomic mass is 10.0. The fraction of sp³-hybridized carbons (Fsp3) is 0.286. The van der Waals surface area contributed by atoms with E-state index in [-0.39, 0.29) is 0 Å². The minimum atomic E-state index is -0.438. The molecule has 0 saturated heterocycles. The van der Waals surface area contributed by atoms with Gasteiger partial charge in [-0.1, -0.05) is 12.1 Å². The highest BCUT2D eigenvalue weighted by molar-refractivity contribution is 5.91. The van der Waals surface area contributed by atoms with Gasteiger partial charge in [0, 0.05) is 12.7 Å². The van der Waals surface area contributed by atoms with Gasteiger partial charge in [-0.3, -0.25) is 0 Å². The Morgan fingerprint density at radius 1 is 1.50 bits per heavy atom. The van der Waals surface area contributed by atoms with Crippen LogP contribution >= 0.6 is 0 Å². The molecular formula is C14H15NO3. The third-order valence-electron chi connectivity index (χ3n) is 2.32. The van der Waals surface area contributed by atoms with Crippen molar-refractivity contribution in [1.29, 1.82) is 5.26 Å². The molecule has 4 nitrogen and oxygen atoms in total. The highest BCUT2D eigenvalue weighted by Crippen LogP contribution is 2.16. The maximum Gasteiger partial charge on any atom is 0.330 e. The van der Waals surface area contributed by atoms with E-state index in [0.29, 0.717) is 24.4 Å². The molecule has 0 amide bonds. The third-order valence-corrected chi connectivity index (χ3v) is 2.32. The molecule has 0 spiro atoms. The summed E-state index contributed by atoms with van der Waals surface area (Å²) in [6.45, 7) is 2.73. The Morgan fingerprint density at radius 3 is 2.89 bits per heavy atom. The second-order valence-corrected chi connectivity index (χ2v) is 3.52. The van der Waals surface area contributed by atoms with Gasteiger partial charge in [-0.2, -0.15) is 5.26 Å². The van der Waals surface area contributed by atoms with E-state index in [2.05, 4.69) is 10.8 Å². The molecule has 0 atom stereocenters. The second kappa shape index (κ2) is 7.25. The van der Waals surface area contributed by atoms with Crippen LogP contribution in [0.5, 0.6) is 0 Å². The van der Waals surface area contributed by atoms with Gasteiger partial charge >= 0.3 is 5.97 Å². The van der Waals surface area contributed by atoms with Crippen LogP contribution in [0, 0.1) is 11.3 Å². The van der Waals surface area contributed by atoms with Gasteiger partial charge in [0.25, 0.3) is 0 Å². The average molecular weight is 245 g/mol. The fourth-order valence-electron chi connectivity index (χ4n) is 1.41. The SMILES string of the molecule is CCOC/C(=C/C(=O)OC)c1cccc(C#N)c1. The number of ether oxygens (including phenoxy) is 2. The van der Waals surface area contributed by atoms with E-state index in [0.717, 1.165) is 5.56 Å². The summed E-state index contributed by atoms with van der Waals surface area (Å²) in [6.07, 6.45) is 1.38. The van der Waals surface area contributed by atoms with Gasteiger partial charge in [0.1, 0.15) is 0 Å². The zero-order valence-corrected chi connectivity index (χ0v) is 10.5. The third kappa shape index (κ3) is 4.04. The maximum absolute atomic E-state index is 11.3. The molecule has 0 aliphatic rings. The first-order valence-electron chi connectivity index (χ1n) is 5.58. The van der Waals surface area contributed by atoms with Crippen LogP contribution in [0.2, 0.25) is 0 Å². The van der Waals surface area contributed by atoms with Gasteiger partial charge in [-0.15, -0.1) is 0 Å². The first-order chi connectivity index (χ1) is 8.71. The maximum atomic E-state index is 11.3. The normalized spacial score (nSPS) is 10.8. The molecule has 0 unspecified atom stereocenters. The summed E-state index contributed by atoms with van der Waals surface area (Å²) < 4.78 is 9.91. The summed E-state index contributed by atoms with van der Waals surface area (Å²) in [5.41, 5.74) is 2.02. The highest BCUT2D eigenvalue weighted by atomic mass is 16.5. The number of nitriles is 1. The Balaban J connectivity index is 3.05. The molecule has 1 aromatic carbocycles. The van der Waals surface area contributed by atoms with Crippen LogP contribution in [0.25, 0.3) is 5.57 Å². The molecule has 0 N–H and O–H groups in total. The molecule has 0 aliphatic carbocycles. The van der Waals surface area contributed by atoms with E-state index >= 15 is 0 Å². The molecule has 0 fully saturated rings. The average Bonchev–Trinajstić information content (AvgIpc) is 2.43. The Kier molecular flexibility index (Phi) is 5.62. The van der Waals surface area contributed by atoms with Crippen molar-refractivity contribution in [2.45, 2.75) is 6.92 Å². The minimum absolute atomic E-state index is 0.306. The molecular weight excluding hydrogens is 230 g/mol. The van der Waals surface area contributed by atoms with Crippen molar-refractivity contribution < 1.29 is 14.3 Å². The minimum Gasteiger partial charge on any atom is -0.466 e. The topological polar surface area (TPSA) is 59.3 Å². The zero-order chi connectivity index (χ0) is 13.4. The zero-order valence-electron chi connectivity index (χ0n) is 10.5. The van der Waals surface area contributed by atoms with Crippen LogP contribution in [-0.4, -0.2) is 26.3 Å². The number of carbonyl (C=O) groups is 1. The number of rotatable bonds is 5. The van der Waals surface area contributed by atoms with Crippen molar-refractivity contribution in [3.05, 3.63) is 41.5 Å². The van der Waals surface area contributed by atoms with Crippen molar-refractivity contribution in [2.24, 2.45) is 0 Å².